The van der Waals surface area contributed by atoms with E-state index in [0.717, 1.165) is 34.1 Å². The Kier molecular flexibility index (Phi) is 24.0. The summed E-state index contributed by atoms with van der Waals surface area (Å²) in [4.78, 5) is 9.59. The minimum absolute atomic E-state index is 0.0133. The van der Waals surface area contributed by atoms with Crippen LogP contribution in [0.4, 0.5) is 68.2 Å². The predicted molar refractivity (Wildman–Crippen MR) is 591 cm³/mol. The fourth-order valence-corrected chi connectivity index (χ4v) is 22.2. The van der Waals surface area contributed by atoms with Crippen LogP contribution in [0, 0.1) is 20.8 Å². The monoisotopic (exact) mass is 1790 g/mol. The van der Waals surface area contributed by atoms with Gasteiger partial charge in [-0.1, -0.05) is 425 Å². The lowest BCUT2D eigenvalue weighted by molar-refractivity contribution is 0.660. The van der Waals surface area contributed by atoms with E-state index in [2.05, 4.69) is 587 Å². The standard InChI is InChI=1S/C36H33N.3C33H27N/c1-24-17-19-27(20-18-24)37(28-21-22-30(26(3)23-28)29-12-7-6-11-25(29)2)34-16-10-14-32-31-13-8-9-15-33(31)36(4,5)35(32)34;1-33(2)30-18-10-9-16-28(30)29-17-11-19-31(32(29)33)34(26-14-7-4-8-15-26)27-22-20-25(21-23-27)24-12-5-3-6-13-24;1-33(2)29-17-10-9-16-28(29)32-30(33)18-11-19-31(32)34(26-14-7-4-8-15-26)27-22-20-25(21-23-27)24-12-5-3-6-13-24;1-33(2)31-16-10-9-15-29(31)30-23-28(21-22-32(30)33)34(26-13-7-4-8-14-26)27-19-17-25(18-20-27)24-11-5-3-6-12-24/h6-23H,1-5H3;3*3-23H,1-2H3. The van der Waals surface area contributed by atoms with Crippen molar-refractivity contribution in [1.82, 2.24) is 0 Å². The number of hydrogen-bond donors (Lipinski definition) is 0. The van der Waals surface area contributed by atoms with Crippen LogP contribution < -0.4 is 19.6 Å². The molecule has 0 bridgehead atoms. The Bertz CT molecular complexity index is 7830. The molecule has 0 spiro atoms. The molecule has 4 nitrogen and oxygen atoms in total. The van der Waals surface area contributed by atoms with Gasteiger partial charge in [0, 0.05) is 78.4 Å². The third-order valence-corrected chi connectivity index (χ3v) is 29.2. The molecule has 0 aromatic heterocycles. The summed E-state index contributed by atoms with van der Waals surface area (Å²) in [5.74, 6) is 0. The zero-order valence-electron chi connectivity index (χ0n) is 81.1. The second-order valence-electron chi connectivity index (χ2n) is 39.2. The lowest BCUT2D eigenvalue weighted by Gasteiger charge is -2.32. The molecule has 20 aromatic carbocycles. The van der Waals surface area contributed by atoms with Gasteiger partial charge in [0.15, 0.2) is 0 Å². The van der Waals surface area contributed by atoms with Crippen molar-refractivity contribution in [1.29, 1.82) is 0 Å². The molecule has 0 saturated heterocycles. The molecule has 0 fully saturated rings. The third-order valence-electron chi connectivity index (χ3n) is 29.2. The number of benzene rings is 20. The Balaban J connectivity index is 0.000000110. The summed E-state index contributed by atoms with van der Waals surface area (Å²) in [6.45, 7) is 25.3. The highest BCUT2D eigenvalue weighted by Crippen LogP contribution is 2.59. The van der Waals surface area contributed by atoms with Crippen molar-refractivity contribution in [2.75, 3.05) is 19.6 Å². The maximum absolute atomic E-state index is 2.44. The topological polar surface area (TPSA) is 13.0 Å². The Morgan fingerprint density at radius 3 is 0.856 bits per heavy atom. The van der Waals surface area contributed by atoms with Gasteiger partial charge in [-0.15, -0.1) is 0 Å². The highest BCUT2D eigenvalue weighted by Gasteiger charge is 2.43. The number of fused-ring (bicyclic) bond motifs is 12. The molecule has 0 radical (unpaired) electrons. The highest BCUT2D eigenvalue weighted by molar-refractivity contribution is 5.98. The van der Waals surface area contributed by atoms with Crippen LogP contribution in [-0.2, 0) is 21.7 Å². The summed E-state index contributed by atoms with van der Waals surface area (Å²) in [5.41, 5.74) is 49.6. The molecule has 0 amide bonds. The lowest BCUT2D eigenvalue weighted by atomic mass is 9.81. The molecule has 139 heavy (non-hydrogen) atoms. The first-order valence-corrected chi connectivity index (χ1v) is 48.8. The molecule has 0 heterocycles. The molecule has 24 rings (SSSR count). The SMILES string of the molecule is CC1(C)c2ccccc2-c2c(N(c3ccccc3)c3ccc(-c4ccccc4)cc3)cccc21.CC1(C)c2ccccc2-c2cc(N(c3ccccc3)c3ccc(-c4ccccc4)cc3)ccc21.CC1(C)c2ccccc2-c2cccc(N(c3ccccc3)c3ccc(-c4ccccc4)cc3)c21.Cc1ccc(N(c2ccc(-c3ccccc3C)c(C)c2)c2cccc3c2C(C)(C)c2ccccc2-3)cc1. The minimum Gasteiger partial charge on any atom is -0.310 e. The molecule has 0 aliphatic heterocycles. The van der Waals surface area contributed by atoms with Crippen molar-refractivity contribution < 1.29 is 0 Å². The first-order valence-electron chi connectivity index (χ1n) is 48.8. The van der Waals surface area contributed by atoms with Crippen LogP contribution >= 0.6 is 0 Å². The average Bonchev–Trinajstić information content (AvgIpc) is 1.58. The van der Waals surface area contributed by atoms with E-state index in [-0.39, 0.29) is 21.7 Å². The van der Waals surface area contributed by atoms with Crippen LogP contribution in [0.3, 0.4) is 0 Å². The summed E-state index contributed by atoms with van der Waals surface area (Å²) >= 11 is 0. The molecule has 4 aliphatic carbocycles. The van der Waals surface area contributed by atoms with Gasteiger partial charge in [0.2, 0.25) is 0 Å². The van der Waals surface area contributed by atoms with E-state index in [9.17, 15) is 0 Å². The fourth-order valence-electron chi connectivity index (χ4n) is 22.2. The van der Waals surface area contributed by atoms with Gasteiger partial charge in [0.25, 0.3) is 0 Å². The van der Waals surface area contributed by atoms with Crippen LogP contribution in [0.15, 0.2) is 491 Å². The van der Waals surface area contributed by atoms with E-state index in [1.54, 1.807) is 0 Å². The molecule has 0 unspecified atom stereocenters. The number of hydrogen-bond acceptors (Lipinski definition) is 4. The number of para-hydroxylation sites is 3. The van der Waals surface area contributed by atoms with Crippen molar-refractivity contribution in [3.8, 4) is 89.0 Å². The van der Waals surface area contributed by atoms with Gasteiger partial charge >= 0.3 is 0 Å². The van der Waals surface area contributed by atoms with Gasteiger partial charge in [-0.25, -0.2) is 0 Å². The Labute approximate surface area is 821 Å². The van der Waals surface area contributed by atoms with Crippen molar-refractivity contribution in [3.63, 3.8) is 0 Å². The quantitative estimate of drug-likeness (QED) is 0.0956. The van der Waals surface area contributed by atoms with E-state index in [1.165, 1.54) is 184 Å². The van der Waals surface area contributed by atoms with Gasteiger partial charge in [0.1, 0.15) is 0 Å². The van der Waals surface area contributed by atoms with Crippen LogP contribution in [0.1, 0.15) is 117 Å². The maximum Gasteiger partial charge on any atom is 0.0543 e. The summed E-state index contributed by atoms with van der Waals surface area (Å²) < 4.78 is 0. The number of rotatable bonds is 16. The van der Waals surface area contributed by atoms with Gasteiger partial charge in [0.05, 0.1) is 17.1 Å². The van der Waals surface area contributed by atoms with Gasteiger partial charge in [-0.2, -0.15) is 0 Å². The minimum atomic E-state index is -0.0956. The normalized spacial score (nSPS) is 13.2. The van der Waals surface area contributed by atoms with E-state index in [0.29, 0.717) is 0 Å². The molecule has 674 valence electrons. The van der Waals surface area contributed by atoms with Crippen molar-refractivity contribution in [2.24, 2.45) is 0 Å². The molecule has 4 aliphatic rings. The average molecular weight is 1790 g/mol. The van der Waals surface area contributed by atoms with Crippen molar-refractivity contribution in [3.05, 3.63) is 553 Å². The highest BCUT2D eigenvalue weighted by atomic mass is 15.2. The lowest BCUT2D eigenvalue weighted by Crippen LogP contribution is -2.20. The van der Waals surface area contributed by atoms with E-state index < -0.39 is 0 Å². The number of anilines is 12. The van der Waals surface area contributed by atoms with E-state index in [4.69, 9.17) is 0 Å². The maximum atomic E-state index is 2.44. The molecule has 0 saturated carbocycles. The van der Waals surface area contributed by atoms with Gasteiger partial charge in [-0.05, 0) is 287 Å². The van der Waals surface area contributed by atoms with Crippen LogP contribution in [0.5, 0.6) is 0 Å². The Hall–Kier alpha value is -16.4. The largest absolute Gasteiger partial charge is 0.310 e. The molecular weight excluding hydrogens is 1680 g/mol. The molecule has 4 heteroatoms. The molecule has 0 atom stereocenters. The fraction of sp³-hybridized carbons (Fsp3) is 0.111. The van der Waals surface area contributed by atoms with Crippen molar-refractivity contribution in [2.45, 2.75) is 97.8 Å². The molecular formula is C135H114N4. The van der Waals surface area contributed by atoms with Crippen molar-refractivity contribution >= 4 is 68.2 Å². The van der Waals surface area contributed by atoms with E-state index in [1.807, 2.05) is 0 Å². The van der Waals surface area contributed by atoms with Crippen LogP contribution in [-0.4, -0.2) is 0 Å². The summed E-state index contributed by atoms with van der Waals surface area (Å²) in [5, 5.41) is 0. The number of aryl methyl sites for hydroxylation is 3. The van der Waals surface area contributed by atoms with Gasteiger partial charge < -0.3 is 19.6 Å². The number of nitrogens with zero attached hydrogens (tertiary/aromatic N) is 4. The second-order valence-corrected chi connectivity index (χ2v) is 39.2. The first kappa shape index (κ1) is 89.1. The summed E-state index contributed by atoms with van der Waals surface area (Å²) in [7, 11) is 0. The van der Waals surface area contributed by atoms with Gasteiger partial charge in [-0.3, -0.25) is 0 Å². The zero-order valence-corrected chi connectivity index (χ0v) is 81.1. The smallest absolute Gasteiger partial charge is 0.0543 e. The summed E-state index contributed by atoms with van der Waals surface area (Å²) in [6.07, 6.45) is 0. The van der Waals surface area contributed by atoms with Crippen LogP contribution in [0.2, 0.25) is 0 Å². The Morgan fingerprint density at radius 1 is 0.151 bits per heavy atom. The second kappa shape index (κ2) is 37.4. The predicted octanol–water partition coefficient (Wildman–Crippen LogP) is 37.4. The molecule has 20 aromatic rings. The summed E-state index contributed by atoms with van der Waals surface area (Å²) in [6, 6.07) is 177. The zero-order chi connectivity index (χ0) is 95.1. The Morgan fingerprint density at radius 2 is 0.417 bits per heavy atom. The van der Waals surface area contributed by atoms with E-state index >= 15 is 0 Å². The van der Waals surface area contributed by atoms with Crippen LogP contribution in [0.25, 0.3) is 89.0 Å². The molecule has 0 N–H and O–H groups in total. The third kappa shape index (κ3) is 16.7. The first-order chi connectivity index (χ1) is 67.8.